The van der Waals surface area contributed by atoms with Crippen molar-refractivity contribution in [2.24, 2.45) is 0 Å². The van der Waals surface area contributed by atoms with Gasteiger partial charge in [-0.2, -0.15) is 0 Å². The summed E-state index contributed by atoms with van der Waals surface area (Å²) in [6.07, 6.45) is 0. The van der Waals surface area contributed by atoms with Crippen LogP contribution in [0.25, 0.3) is 60.4 Å². The molecule has 0 saturated heterocycles. The quantitative estimate of drug-likeness (QED) is 0.239. The number of hydrogen-bond donors (Lipinski definition) is 0. The summed E-state index contributed by atoms with van der Waals surface area (Å²) >= 11 is 1.67. The first-order valence-corrected chi connectivity index (χ1v) is 13.3. The van der Waals surface area contributed by atoms with Crippen LogP contribution in [0.5, 0.6) is 0 Å². The molecule has 0 N–H and O–H groups in total. The Kier molecular flexibility index (Phi) is 4.97. The lowest BCUT2D eigenvalue weighted by Gasteiger charge is -2.20. The van der Waals surface area contributed by atoms with E-state index in [1.54, 1.807) is 11.3 Å². The highest BCUT2D eigenvalue weighted by Crippen LogP contribution is 2.43. The van der Waals surface area contributed by atoms with Crippen LogP contribution in [0.15, 0.2) is 127 Å². The maximum atomic E-state index is 8.11. The van der Waals surface area contributed by atoms with Crippen molar-refractivity contribution in [2.75, 3.05) is 0 Å². The number of rotatable bonds is 4. The van der Waals surface area contributed by atoms with Crippen LogP contribution in [0.1, 0.15) is 6.93 Å². The summed E-state index contributed by atoms with van der Waals surface area (Å²) in [7, 11) is 0. The third kappa shape index (κ3) is 3.67. The van der Waals surface area contributed by atoms with Crippen molar-refractivity contribution in [1.29, 1.82) is 0 Å². The van der Waals surface area contributed by atoms with E-state index in [0.29, 0.717) is 6.04 Å². The number of hydrogen-bond acceptors (Lipinski definition) is 2. The maximum absolute atomic E-state index is 8.11. The van der Waals surface area contributed by atoms with Crippen molar-refractivity contribution in [3.8, 4) is 39.3 Å². The van der Waals surface area contributed by atoms with Gasteiger partial charge < -0.3 is 0 Å². The lowest BCUT2D eigenvalue weighted by atomic mass is 9.93. The van der Waals surface area contributed by atoms with Crippen LogP contribution in [0.3, 0.4) is 0 Å². The molecule has 3 heteroatoms. The predicted octanol–water partition coefficient (Wildman–Crippen LogP) is 9.55. The zero-order valence-electron chi connectivity index (χ0n) is 21.3. The largest absolute Gasteiger partial charge is 0.291 e. The molecule has 0 fully saturated rings. The normalized spacial score (nSPS) is 11.8. The first-order chi connectivity index (χ1) is 18.7. The van der Waals surface area contributed by atoms with E-state index in [-0.39, 0.29) is 0 Å². The minimum absolute atomic E-state index is 0.524. The Morgan fingerprint density at radius 3 is 2.05 bits per heavy atom. The second kappa shape index (κ2) is 8.88. The van der Waals surface area contributed by atoms with Crippen molar-refractivity contribution in [1.82, 2.24) is 9.55 Å². The van der Waals surface area contributed by atoms with Gasteiger partial charge in [-0.3, -0.25) is 4.57 Å². The van der Waals surface area contributed by atoms with Crippen LogP contribution in [0.4, 0.5) is 0 Å². The Morgan fingerprint density at radius 1 is 0.703 bits per heavy atom. The Balaban J connectivity index is 1.64. The van der Waals surface area contributed by atoms with Crippen molar-refractivity contribution >= 4 is 32.5 Å². The molecule has 0 amide bonds. The van der Waals surface area contributed by atoms with Gasteiger partial charge in [0.05, 0.1) is 18.1 Å². The van der Waals surface area contributed by atoms with Crippen LogP contribution in [0.2, 0.25) is 0 Å². The topological polar surface area (TPSA) is 17.8 Å². The van der Waals surface area contributed by atoms with Crippen molar-refractivity contribution in [2.45, 2.75) is 6.92 Å². The predicted molar refractivity (Wildman–Crippen MR) is 157 cm³/mol. The van der Waals surface area contributed by atoms with E-state index in [4.69, 9.17) is 6.35 Å². The van der Waals surface area contributed by atoms with E-state index < -0.39 is 0 Å². The van der Waals surface area contributed by atoms with Crippen molar-refractivity contribution < 1.29 is 1.37 Å². The molecule has 0 aliphatic carbocycles. The van der Waals surface area contributed by atoms with E-state index in [2.05, 4.69) is 114 Å². The average molecular weight is 494 g/mol. The lowest BCUT2D eigenvalue weighted by molar-refractivity contribution is 1.11. The number of fused-ring (bicyclic) bond motifs is 2. The summed E-state index contributed by atoms with van der Waals surface area (Å²) in [4.78, 5) is 5.22. The highest BCUT2D eigenvalue weighted by molar-refractivity contribution is 7.17. The molecular weight excluding hydrogens is 468 g/mol. The molecule has 0 radical (unpaired) electrons. The summed E-state index contributed by atoms with van der Waals surface area (Å²) < 4.78 is 11.5. The Morgan fingerprint density at radius 2 is 1.35 bits per heavy atom. The molecule has 0 bridgehead atoms. The molecule has 7 rings (SSSR count). The molecule has 37 heavy (non-hydrogen) atoms. The van der Waals surface area contributed by atoms with Crippen LogP contribution < -0.4 is 0 Å². The Bertz CT molecular complexity index is 1870. The number of benzene rings is 5. The number of aryl methyl sites for hydroxylation is 1. The van der Waals surface area contributed by atoms with Gasteiger partial charge in [0.1, 0.15) is 5.82 Å². The fourth-order valence-corrected chi connectivity index (χ4v) is 6.14. The van der Waals surface area contributed by atoms with Gasteiger partial charge in [0.2, 0.25) is 0 Å². The van der Waals surface area contributed by atoms with Gasteiger partial charge in [-0.1, -0.05) is 91.0 Å². The van der Waals surface area contributed by atoms with E-state index in [0.717, 1.165) is 38.2 Å². The molecule has 2 heterocycles. The monoisotopic (exact) mass is 493 g/mol. The second-order valence-electron chi connectivity index (χ2n) is 9.27. The first-order valence-electron chi connectivity index (χ1n) is 12.9. The van der Waals surface area contributed by atoms with Gasteiger partial charge in [-0.15, -0.1) is 11.3 Å². The maximum Gasteiger partial charge on any atom is 0.147 e. The summed E-state index contributed by atoms with van der Waals surface area (Å²) in [5, 5.41) is 3.30. The zero-order valence-corrected chi connectivity index (χ0v) is 21.2. The lowest BCUT2D eigenvalue weighted by Crippen LogP contribution is -2.03. The van der Waals surface area contributed by atoms with E-state index in [1.165, 1.54) is 27.8 Å². The number of nitrogens with zero attached hydrogens (tertiary/aromatic N) is 2. The molecule has 0 aliphatic rings. The van der Waals surface area contributed by atoms with Crippen LogP contribution in [0, 0.1) is 6.92 Å². The molecule has 176 valence electrons. The summed E-state index contributed by atoms with van der Waals surface area (Å²) in [5.41, 5.74) is 10.1. The molecule has 0 saturated carbocycles. The van der Waals surface area contributed by atoms with Gasteiger partial charge in [0.25, 0.3) is 0 Å². The Hall–Kier alpha value is -4.47. The highest BCUT2D eigenvalue weighted by atomic mass is 32.1. The van der Waals surface area contributed by atoms with Crippen LogP contribution in [-0.4, -0.2) is 9.55 Å². The molecular formula is C34H24N2S. The summed E-state index contributed by atoms with van der Waals surface area (Å²) in [6, 6.07) is 40.6. The summed E-state index contributed by atoms with van der Waals surface area (Å²) in [6.45, 7) is 2.17. The standard InChI is InChI=1S/C34H24N2S/c1-23-20-27(24-12-4-2-5-13-24)33(28(21-23)25-14-6-3-7-15-25)36-31-18-10-9-17-30(31)35-34(36)29-22-37-32-19-11-8-16-26(29)32/h2-22H,1H3/i11D. The minimum atomic E-state index is 0.524. The molecule has 7 aromatic rings. The highest BCUT2D eigenvalue weighted by Gasteiger charge is 2.23. The molecule has 2 aromatic heterocycles. The average Bonchev–Trinajstić information content (AvgIpc) is 3.54. The van der Waals surface area contributed by atoms with E-state index in [9.17, 15) is 0 Å². The minimum Gasteiger partial charge on any atom is -0.291 e. The molecule has 2 nitrogen and oxygen atoms in total. The fraction of sp³-hybridized carbons (Fsp3) is 0.0294. The number of para-hydroxylation sites is 2. The second-order valence-corrected chi connectivity index (χ2v) is 10.2. The summed E-state index contributed by atoms with van der Waals surface area (Å²) in [5.74, 6) is 0.911. The van der Waals surface area contributed by atoms with Crippen LogP contribution in [-0.2, 0) is 0 Å². The van der Waals surface area contributed by atoms with Gasteiger partial charge in [0.15, 0.2) is 0 Å². The van der Waals surface area contributed by atoms with Gasteiger partial charge in [-0.05, 0) is 53.9 Å². The molecule has 0 unspecified atom stereocenters. The number of aromatic nitrogens is 2. The number of thiophene rings is 1. The van der Waals surface area contributed by atoms with Crippen molar-refractivity contribution in [3.63, 3.8) is 0 Å². The fourth-order valence-electron chi connectivity index (χ4n) is 5.22. The van der Waals surface area contributed by atoms with E-state index >= 15 is 0 Å². The molecule has 0 spiro atoms. The first kappa shape index (κ1) is 20.7. The number of imidazole rings is 1. The third-order valence-corrected chi connectivity index (χ3v) is 7.81. The van der Waals surface area contributed by atoms with Gasteiger partial charge in [0, 0.05) is 32.2 Å². The zero-order chi connectivity index (χ0) is 25.6. The third-order valence-electron chi connectivity index (χ3n) is 6.87. The molecule has 5 aromatic carbocycles. The van der Waals surface area contributed by atoms with Gasteiger partial charge >= 0.3 is 0 Å². The molecule has 0 aliphatic heterocycles. The molecule has 0 atom stereocenters. The smallest absolute Gasteiger partial charge is 0.147 e. The van der Waals surface area contributed by atoms with Crippen LogP contribution >= 0.6 is 11.3 Å². The Labute approximate surface area is 221 Å². The van der Waals surface area contributed by atoms with Gasteiger partial charge in [-0.25, -0.2) is 4.98 Å². The van der Waals surface area contributed by atoms with Crippen molar-refractivity contribution in [3.05, 3.63) is 132 Å². The van der Waals surface area contributed by atoms with E-state index in [1.807, 2.05) is 18.2 Å². The SMILES string of the molecule is [2H]c1ccc2c(-c3nc4ccccc4n3-c3c(-c4ccccc4)cc(C)cc3-c3ccccc3)csc2c1.